The molecule has 0 heterocycles. The van der Waals surface area contributed by atoms with Crippen LogP contribution in [0.4, 0.5) is 5.69 Å². The lowest BCUT2D eigenvalue weighted by Gasteiger charge is -2.08. The Kier molecular flexibility index (Phi) is 5.29. The molecular weight excluding hydrogens is 294 g/mol. The van der Waals surface area contributed by atoms with Crippen molar-refractivity contribution in [3.63, 3.8) is 0 Å². The molecule has 1 aromatic rings. The van der Waals surface area contributed by atoms with E-state index in [1.807, 2.05) is 0 Å². The summed E-state index contributed by atoms with van der Waals surface area (Å²) >= 11 is 0.922. The van der Waals surface area contributed by atoms with Gasteiger partial charge in [0.1, 0.15) is 4.90 Å². The van der Waals surface area contributed by atoms with E-state index in [1.54, 1.807) is 0 Å². The highest BCUT2D eigenvalue weighted by molar-refractivity contribution is 7.99. The van der Waals surface area contributed by atoms with Crippen LogP contribution in [0, 0.1) is 10.1 Å². The molecule has 0 amide bonds. The molecule has 0 aliphatic rings. The maximum Gasteiger partial charge on any atom is 0.301 e. The third-order valence-electron chi connectivity index (χ3n) is 2.19. The second-order valence-corrected chi connectivity index (χ2v) is 6.83. The van der Waals surface area contributed by atoms with Gasteiger partial charge in [0.05, 0.1) is 22.5 Å². The lowest BCUT2D eigenvalue weighted by atomic mass is 10.3. The molecule has 0 fully saturated rings. The Labute approximate surface area is 114 Å². The molecule has 1 unspecified atom stereocenters. The van der Waals surface area contributed by atoms with E-state index in [4.69, 9.17) is 5.11 Å². The number of nitrogens with zero attached hydrogens (tertiary/aromatic N) is 1. The molecule has 1 atom stereocenters. The predicted octanol–water partition coefficient (Wildman–Crippen LogP) is 0.444. The smallest absolute Gasteiger partial charge is 0.301 e. The van der Waals surface area contributed by atoms with Crippen LogP contribution in [0.1, 0.15) is 0 Å². The summed E-state index contributed by atoms with van der Waals surface area (Å²) in [6.45, 7) is -0.466. The fraction of sp³-hybridized carbons (Fsp3) is 0.400. The summed E-state index contributed by atoms with van der Waals surface area (Å²) in [7, 11) is -3.71. The van der Waals surface area contributed by atoms with Gasteiger partial charge in [0.25, 0.3) is 0 Å². The number of hydrogen-bond donors (Lipinski definition) is 2. The SMILES string of the molecule is CS(=O)(=O)c1cccc(SCC(O)CO)c1[N+](=O)[O-]. The molecule has 0 bridgehead atoms. The molecule has 1 rings (SSSR count). The fourth-order valence-corrected chi connectivity index (χ4v) is 3.24. The molecule has 0 aliphatic heterocycles. The van der Waals surface area contributed by atoms with E-state index in [0.717, 1.165) is 18.0 Å². The van der Waals surface area contributed by atoms with Gasteiger partial charge in [-0.1, -0.05) is 6.07 Å². The molecule has 7 nitrogen and oxygen atoms in total. The average Bonchev–Trinajstić information content (AvgIpc) is 2.34. The highest BCUT2D eigenvalue weighted by atomic mass is 32.2. The maximum atomic E-state index is 11.5. The summed E-state index contributed by atoms with van der Waals surface area (Å²) in [5, 5.41) is 28.9. The molecule has 0 saturated carbocycles. The molecule has 0 spiro atoms. The Morgan fingerprint density at radius 1 is 1.47 bits per heavy atom. The normalized spacial score (nSPS) is 13.2. The summed E-state index contributed by atoms with van der Waals surface area (Å²) in [5.41, 5.74) is -0.500. The summed E-state index contributed by atoms with van der Waals surface area (Å²) in [6, 6.07) is 3.97. The van der Waals surface area contributed by atoms with Crippen molar-refractivity contribution in [2.45, 2.75) is 15.9 Å². The number of rotatable bonds is 6. The minimum absolute atomic E-state index is 0.0323. The molecular formula is C10H13NO6S2. The lowest BCUT2D eigenvalue weighted by molar-refractivity contribution is -0.390. The van der Waals surface area contributed by atoms with Gasteiger partial charge in [-0.3, -0.25) is 10.1 Å². The van der Waals surface area contributed by atoms with Crippen molar-refractivity contribution in [3.8, 4) is 0 Å². The van der Waals surface area contributed by atoms with E-state index >= 15 is 0 Å². The summed E-state index contributed by atoms with van der Waals surface area (Å²) in [4.78, 5) is 10.0. The third-order valence-corrected chi connectivity index (χ3v) is 4.51. The first-order valence-corrected chi connectivity index (χ1v) is 8.04. The Morgan fingerprint density at radius 2 is 2.11 bits per heavy atom. The number of nitro benzene ring substituents is 1. The van der Waals surface area contributed by atoms with E-state index in [2.05, 4.69) is 0 Å². The van der Waals surface area contributed by atoms with Gasteiger partial charge in [0, 0.05) is 12.0 Å². The summed E-state index contributed by atoms with van der Waals surface area (Å²) in [6.07, 6.45) is -0.127. The zero-order valence-corrected chi connectivity index (χ0v) is 11.6. The Hall–Kier alpha value is -1.16. The number of aliphatic hydroxyl groups is 2. The van der Waals surface area contributed by atoms with Crippen molar-refractivity contribution in [1.82, 2.24) is 0 Å². The van der Waals surface area contributed by atoms with Gasteiger partial charge < -0.3 is 10.2 Å². The number of thioether (sulfide) groups is 1. The number of sulfone groups is 1. The number of para-hydroxylation sites is 1. The van der Waals surface area contributed by atoms with Crippen LogP contribution in [0.25, 0.3) is 0 Å². The van der Waals surface area contributed by atoms with E-state index in [0.29, 0.717) is 0 Å². The first-order chi connectivity index (χ1) is 8.77. The molecule has 19 heavy (non-hydrogen) atoms. The number of hydrogen-bond acceptors (Lipinski definition) is 7. The zero-order valence-electron chi connectivity index (χ0n) is 10.0. The molecule has 0 saturated heterocycles. The summed E-state index contributed by atoms with van der Waals surface area (Å²) < 4.78 is 23.0. The maximum absolute atomic E-state index is 11.5. The molecule has 0 radical (unpaired) electrons. The molecule has 1 aromatic carbocycles. The minimum atomic E-state index is -3.71. The van der Waals surface area contributed by atoms with Crippen LogP contribution in [-0.4, -0.2) is 48.3 Å². The second-order valence-electron chi connectivity index (χ2n) is 3.78. The van der Waals surface area contributed by atoms with Crippen molar-refractivity contribution in [2.24, 2.45) is 0 Å². The minimum Gasteiger partial charge on any atom is -0.394 e. The van der Waals surface area contributed by atoms with Crippen molar-refractivity contribution in [1.29, 1.82) is 0 Å². The van der Waals surface area contributed by atoms with Crippen LogP contribution >= 0.6 is 11.8 Å². The van der Waals surface area contributed by atoms with E-state index in [-0.39, 0.29) is 15.5 Å². The number of aliphatic hydroxyl groups excluding tert-OH is 2. The third kappa shape index (κ3) is 4.16. The molecule has 2 N–H and O–H groups in total. The predicted molar refractivity (Wildman–Crippen MR) is 70.0 cm³/mol. The molecule has 106 valence electrons. The number of nitro groups is 1. The Balaban J connectivity index is 3.22. The average molecular weight is 307 g/mol. The monoisotopic (exact) mass is 307 g/mol. The van der Waals surface area contributed by atoms with Crippen LogP contribution in [0.15, 0.2) is 28.0 Å². The highest BCUT2D eigenvalue weighted by Crippen LogP contribution is 2.34. The van der Waals surface area contributed by atoms with E-state index in [1.165, 1.54) is 18.2 Å². The van der Waals surface area contributed by atoms with Crippen LogP contribution < -0.4 is 0 Å². The summed E-state index contributed by atoms with van der Waals surface area (Å²) in [5.74, 6) is 0.0323. The molecule has 0 aliphatic carbocycles. The molecule has 0 aromatic heterocycles. The van der Waals surface area contributed by atoms with Gasteiger partial charge in [0.2, 0.25) is 0 Å². The van der Waals surface area contributed by atoms with Gasteiger partial charge in [-0.2, -0.15) is 0 Å². The Bertz CT molecular complexity index is 571. The first kappa shape index (κ1) is 15.9. The van der Waals surface area contributed by atoms with Crippen molar-refractivity contribution >= 4 is 27.3 Å². The van der Waals surface area contributed by atoms with Gasteiger partial charge in [-0.05, 0) is 12.1 Å². The van der Waals surface area contributed by atoms with Gasteiger partial charge in [-0.15, -0.1) is 11.8 Å². The largest absolute Gasteiger partial charge is 0.394 e. The van der Waals surface area contributed by atoms with Crippen LogP contribution in [-0.2, 0) is 9.84 Å². The van der Waals surface area contributed by atoms with E-state index in [9.17, 15) is 23.6 Å². The van der Waals surface area contributed by atoms with Crippen molar-refractivity contribution in [3.05, 3.63) is 28.3 Å². The van der Waals surface area contributed by atoms with Gasteiger partial charge >= 0.3 is 5.69 Å². The lowest BCUT2D eigenvalue weighted by Crippen LogP contribution is -2.14. The van der Waals surface area contributed by atoms with Crippen molar-refractivity contribution < 1.29 is 23.6 Å². The van der Waals surface area contributed by atoms with Gasteiger partial charge in [0.15, 0.2) is 9.84 Å². The quantitative estimate of drug-likeness (QED) is 0.445. The second kappa shape index (κ2) is 6.33. The highest BCUT2D eigenvalue weighted by Gasteiger charge is 2.26. The van der Waals surface area contributed by atoms with E-state index < -0.39 is 33.2 Å². The Morgan fingerprint density at radius 3 is 2.58 bits per heavy atom. The zero-order chi connectivity index (χ0) is 14.6. The number of benzene rings is 1. The first-order valence-electron chi connectivity index (χ1n) is 5.16. The van der Waals surface area contributed by atoms with Crippen LogP contribution in [0.5, 0.6) is 0 Å². The topological polar surface area (TPSA) is 118 Å². The fourth-order valence-electron chi connectivity index (χ4n) is 1.34. The van der Waals surface area contributed by atoms with Gasteiger partial charge in [-0.25, -0.2) is 8.42 Å². The van der Waals surface area contributed by atoms with Crippen LogP contribution in [0.3, 0.4) is 0 Å². The standard InChI is InChI=1S/C10H13NO6S2/c1-19(16,17)9-4-2-3-8(10(9)11(14)15)18-6-7(13)5-12/h2-4,7,12-13H,5-6H2,1H3. The van der Waals surface area contributed by atoms with Crippen molar-refractivity contribution in [2.75, 3.05) is 18.6 Å². The molecule has 9 heteroatoms. The van der Waals surface area contributed by atoms with Crippen LogP contribution in [0.2, 0.25) is 0 Å².